The third-order valence-corrected chi connectivity index (χ3v) is 4.24. The first-order valence-electron chi connectivity index (χ1n) is 7.84. The third kappa shape index (κ3) is 3.13. The van der Waals surface area contributed by atoms with Gasteiger partial charge in [0, 0.05) is 19.5 Å². The molecule has 0 bridgehead atoms. The lowest BCUT2D eigenvalue weighted by Crippen LogP contribution is -2.48. The Morgan fingerprint density at radius 1 is 1.48 bits per heavy atom. The third-order valence-electron chi connectivity index (χ3n) is 4.24. The van der Waals surface area contributed by atoms with Crippen molar-refractivity contribution >= 4 is 23.0 Å². The summed E-state index contributed by atoms with van der Waals surface area (Å²) in [7, 11) is 0. The van der Waals surface area contributed by atoms with Gasteiger partial charge >= 0.3 is 6.03 Å². The molecule has 1 aliphatic heterocycles. The molecule has 0 spiro atoms. The molecule has 0 unspecified atom stereocenters. The van der Waals surface area contributed by atoms with Crippen LogP contribution in [0.4, 0.5) is 4.79 Å². The van der Waals surface area contributed by atoms with Crippen LogP contribution in [0.1, 0.15) is 24.2 Å². The first-order chi connectivity index (χ1) is 11.1. The minimum atomic E-state index is -0.483. The Balaban J connectivity index is 1.57. The molecule has 0 radical (unpaired) electrons. The van der Waals surface area contributed by atoms with Gasteiger partial charge in [-0.2, -0.15) is 0 Å². The number of hydrogen-bond acceptors (Lipinski definition) is 3. The van der Waals surface area contributed by atoms with Crippen LogP contribution in [0, 0.1) is 6.92 Å². The van der Waals surface area contributed by atoms with Crippen molar-refractivity contribution in [2.75, 3.05) is 13.1 Å². The molecule has 7 nitrogen and oxygen atoms in total. The second kappa shape index (κ2) is 6.28. The number of urea groups is 1. The van der Waals surface area contributed by atoms with E-state index < -0.39 is 11.9 Å². The molecular formula is C16H21N5O2. The number of likely N-dealkylation sites (tertiary alicyclic amines) is 1. The Hall–Kier alpha value is -2.57. The number of primary amides is 1. The van der Waals surface area contributed by atoms with Crippen LogP contribution in [0.5, 0.6) is 0 Å². The second-order valence-corrected chi connectivity index (χ2v) is 5.89. The van der Waals surface area contributed by atoms with Gasteiger partial charge in [0.25, 0.3) is 0 Å². The van der Waals surface area contributed by atoms with E-state index in [1.54, 1.807) is 0 Å². The maximum Gasteiger partial charge on any atom is 0.318 e. The van der Waals surface area contributed by atoms with Crippen LogP contribution in [0.3, 0.4) is 0 Å². The zero-order valence-electron chi connectivity index (χ0n) is 13.1. The van der Waals surface area contributed by atoms with Crippen LogP contribution in [0.2, 0.25) is 0 Å². The fourth-order valence-corrected chi connectivity index (χ4v) is 3.04. The largest absolute Gasteiger partial charge is 0.368 e. The van der Waals surface area contributed by atoms with Crippen molar-refractivity contribution in [3.8, 4) is 0 Å². The Kier molecular flexibility index (Phi) is 4.18. The van der Waals surface area contributed by atoms with Crippen molar-refractivity contribution in [2.45, 2.75) is 32.2 Å². The van der Waals surface area contributed by atoms with Crippen molar-refractivity contribution in [3.63, 3.8) is 0 Å². The Morgan fingerprint density at radius 3 is 3.04 bits per heavy atom. The van der Waals surface area contributed by atoms with Gasteiger partial charge in [-0.05, 0) is 31.4 Å². The van der Waals surface area contributed by atoms with Gasteiger partial charge in [0.05, 0.1) is 11.0 Å². The number of carbonyl (C=O) groups excluding carboxylic acids is 2. The number of fused-ring (bicyclic) bond motifs is 1. The van der Waals surface area contributed by atoms with E-state index in [1.807, 2.05) is 25.1 Å². The summed E-state index contributed by atoms with van der Waals surface area (Å²) < 4.78 is 0. The molecule has 0 saturated carbocycles. The van der Waals surface area contributed by atoms with Crippen LogP contribution in [-0.2, 0) is 11.2 Å². The number of H-pyrrole nitrogens is 1. The maximum atomic E-state index is 12.2. The number of hydrogen-bond donors (Lipinski definition) is 3. The highest BCUT2D eigenvalue weighted by molar-refractivity contribution is 5.86. The summed E-state index contributed by atoms with van der Waals surface area (Å²) in [5.41, 5.74) is 8.41. The van der Waals surface area contributed by atoms with E-state index in [-0.39, 0.29) is 6.03 Å². The normalized spacial score (nSPS) is 17.6. The van der Waals surface area contributed by atoms with E-state index in [2.05, 4.69) is 15.3 Å². The summed E-state index contributed by atoms with van der Waals surface area (Å²) in [5, 5.41) is 2.84. The second-order valence-electron chi connectivity index (χ2n) is 5.89. The molecule has 3 amide bonds. The molecule has 1 aromatic heterocycles. The number of aromatic amines is 1. The Morgan fingerprint density at radius 2 is 2.30 bits per heavy atom. The van der Waals surface area contributed by atoms with Crippen LogP contribution in [0.25, 0.3) is 11.0 Å². The minimum Gasteiger partial charge on any atom is -0.368 e. The van der Waals surface area contributed by atoms with Gasteiger partial charge in [0.2, 0.25) is 5.91 Å². The van der Waals surface area contributed by atoms with Gasteiger partial charge < -0.3 is 20.9 Å². The molecule has 1 atom stereocenters. The number of rotatable bonds is 4. The van der Waals surface area contributed by atoms with Crippen molar-refractivity contribution in [2.24, 2.45) is 5.73 Å². The molecule has 4 N–H and O–H groups in total. The number of carbonyl (C=O) groups is 2. The number of nitrogens with one attached hydrogen (secondary N) is 2. The number of aryl methyl sites for hydroxylation is 1. The van der Waals surface area contributed by atoms with Gasteiger partial charge in [0.15, 0.2) is 0 Å². The highest BCUT2D eigenvalue weighted by atomic mass is 16.2. The summed E-state index contributed by atoms with van der Waals surface area (Å²) in [4.78, 5) is 32.8. The molecule has 0 aliphatic carbocycles. The molecular weight excluding hydrogens is 294 g/mol. The predicted octanol–water partition coefficient (Wildman–Crippen LogP) is 1.07. The molecule has 1 aromatic carbocycles. The summed E-state index contributed by atoms with van der Waals surface area (Å²) in [6.45, 7) is 3.05. The zero-order valence-corrected chi connectivity index (χ0v) is 13.1. The number of para-hydroxylation sites is 1. The SMILES string of the molecule is Cc1cccc2[nH]c(CCNC(=O)N3CCC[C@@H]3C(N)=O)nc12. The van der Waals surface area contributed by atoms with Gasteiger partial charge in [-0.3, -0.25) is 4.79 Å². The van der Waals surface area contributed by atoms with E-state index in [4.69, 9.17) is 5.73 Å². The van der Waals surface area contributed by atoms with Crippen molar-refractivity contribution < 1.29 is 9.59 Å². The molecule has 2 heterocycles. The molecule has 1 saturated heterocycles. The Bertz CT molecular complexity index is 739. The zero-order chi connectivity index (χ0) is 16.4. The topological polar surface area (TPSA) is 104 Å². The average molecular weight is 315 g/mol. The highest BCUT2D eigenvalue weighted by Gasteiger charge is 2.32. The number of amides is 3. The van der Waals surface area contributed by atoms with Gasteiger partial charge in [0.1, 0.15) is 11.9 Å². The van der Waals surface area contributed by atoms with Crippen molar-refractivity contribution in [1.29, 1.82) is 0 Å². The van der Waals surface area contributed by atoms with Gasteiger partial charge in [-0.15, -0.1) is 0 Å². The molecule has 1 aliphatic rings. The van der Waals surface area contributed by atoms with E-state index in [0.29, 0.717) is 25.9 Å². The highest BCUT2D eigenvalue weighted by Crippen LogP contribution is 2.17. The lowest BCUT2D eigenvalue weighted by molar-refractivity contribution is -0.121. The molecule has 23 heavy (non-hydrogen) atoms. The monoisotopic (exact) mass is 315 g/mol. The van der Waals surface area contributed by atoms with Crippen molar-refractivity contribution in [1.82, 2.24) is 20.2 Å². The summed E-state index contributed by atoms with van der Waals surface area (Å²) in [6, 6.07) is 5.27. The van der Waals surface area contributed by atoms with Crippen LogP contribution < -0.4 is 11.1 Å². The first kappa shape index (κ1) is 15.3. The molecule has 7 heteroatoms. The predicted molar refractivity (Wildman–Crippen MR) is 86.9 cm³/mol. The molecule has 122 valence electrons. The average Bonchev–Trinajstić information content (AvgIpc) is 3.14. The molecule has 1 fully saturated rings. The van der Waals surface area contributed by atoms with Crippen molar-refractivity contribution in [3.05, 3.63) is 29.6 Å². The fraction of sp³-hybridized carbons (Fsp3) is 0.438. The number of imidazole rings is 1. The molecule has 2 aromatic rings. The Labute approximate surface area is 134 Å². The quantitative estimate of drug-likeness (QED) is 0.786. The van der Waals surface area contributed by atoms with Crippen LogP contribution in [0.15, 0.2) is 18.2 Å². The van der Waals surface area contributed by atoms with E-state index >= 15 is 0 Å². The van der Waals surface area contributed by atoms with E-state index in [1.165, 1.54) is 4.90 Å². The van der Waals surface area contributed by atoms with Crippen LogP contribution >= 0.6 is 0 Å². The number of nitrogens with two attached hydrogens (primary N) is 1. The standard InChI is InChI=1S/C16H21N5O2/c1-10-4-2-5-11-14(10)20-13(19-11)7-8-18-16(23)21-9-3-6-12(21)15(17)22/h2,4-5,12H,3,6-9H2,1H3,(H2,17,22)(H,18,23)(H,19,20)/t12-/m1/s1. The molecule has 3 rings (SSSR count). The number of aromatic nitrogens is 2. The first-order valence-corrected chi connectivity index (χ1v) is 7.84. The van der Waals surface area contributed by atoms with Gasteiger partial charge in [-0.1, -0.05) is 12.1 Å². The van der Waals surface area contributed by atoms with Crippen LogP contribution in [-0.4, -0.2) is 45.9 Å². The number of nitrogens with zero attached hydrogens (tertiary/aromatic N) is 2. The van der Waals surface area contributed by atoms with E-state index in [0.717, 1.165) is 28.8 Å². The summed E-state index contributed by atoms with van der Waals surface area (Å²) in [6.07, 6.45) is 2.06. The van der Waals surface area contributed by atoms with Gasteiger partial charge in [-0.25, -0.2) is 9.78 Å². The summed E-state index contributed by atoms with van der Waals surface area (Å²) >= 11 is 0. The summed E-state index contributed by atoms with van der Waals surface area (Å²) in [5.74, 6) is 0.396. The lowest BCUT2D eigenvalue weighted by atomic mass is 10.2. The number of benzene rings is 1. The fourth-order valence-electron chi connectivity index (χ4n) is 3.04. The lowest BCUT2D eigenvalue weighted by Gasteiger charge is -2.22. The smallest absolute Gasteiger partial charge is 0.318 e. The maximum absolute atomic E-state index is 12.2. The minimum absolute atomic E-state index is 0.237. The van der Waals surface area contributed by atoms with E-state index in [9.17, 15) is 9.59 Å².